The fourth-order valence-corrected chi connectivity index (χ4v) is 10.7. The lowest BCUT2D eigenvalue weighted by Gasteiger charge is -2.40. The number of aliphatic hydroxyl groups is 5. The number of carbonyl (C=O) groups excluding carboxylic acids is 1. The maximum Gasteiger partial charge on any atom is 0.220 e. The molecule has 1 aliphatic heterocycles. The molecule has 424 valence electrons. The van der Waals surface area contributed by atoms with Gasteiger partial charge in [-0.2, -0.15) is 0 Å². The van der Waals surface area contributed by atoms with E-state index < -0.39 is 49.5 Å². The summed E-state index contributed by atoms with van der Waals surface area (Å²) in [6.07, 6.45) is 57.2. The van der Waals surface area contributed by atoms with Gasteiger partial charge in [0, 0.05) is 6.42 Å². The molecule has 1 fully saturated rings. The van der Waals surface area contributed by atoms with Crippen LogP contribution in [0, 0.1) is 0 Å². The van der Waals surface area contributed by atoms with Crippen LogP contribution in [0.25, 0.3) is 0 Å². The van der Waals surface area contributed by atoms with Crippen LogP contribution in [0.4, 0.5) is 0 Å². The molecule has 1 saturated heterocycles. The zero-order chi connectivity index (χ0) is 51.5. The quantitative estimate of drug-likeness (QED) is 0.0330. The molecule has 71 heavy (non-hydrogen) atoms. The Kier molecular flexibility index (Phi) is 50.6. The molecule has 7 atom stereocenters. The van der Waals surface area contributed by atoms with Crippen molar-refractivity contribution in [1.82, 2.24) is 5.32 Å². The summed E-state index contributed by atoms with van der Waals surface area (Å²) in [7, 11) is 0. The predicted octanol–water partition coefficient (Wildman–Crippen LogP) is 16.2. The molecule has 1 amide bonds. The second kappa shape index (κ2) is 52.6. The standard InChI is InChI=1S/C62H123NO8/c1-3-5-7-9-11-13-15-17-19-21-23-24-25-26-27-28-29-30-31-32-33-34-35-37-39-41-43-45-47-49-51-56(65)55(54-70-62-61(69)60(68)59(67)57(53-64)71-62)63-58(66)52-50-48-46-44-42-40-38-36-22-20-18-16-14-12-10-8-6-4-2/h55-57,59-62,64-65,67-69H,3-54H2,1-2H3,(H,63,66). The van der Waals surface area contributed by atoms with E-state index in [1.165, 1.54) is 270 Å². The van der Waals surface area contributed by atoms with Gasteiger partial charge in [-0.1, -0.05) is 316 Å². The third-order valence-corrected chi connectivity index (χ3v) is 15.7. The number of aliphatic hydroxyl groups excluding tert-OH is 5. The van der Waals surface area contributed by atoms with E-state index in [9.17, 15) is 30.3 Å². The highest BCUT2D eigenvalue weighted by Gasteiger charge is 2.44. The van der Waals surface area contributed by atoms with Gasteiger partial charge in [0.1, 0.15) is 24.4 Å². The molecular weight excluding hydrogens is 887 g/mol. The van der Waals surface area contributed by atoms with Crippen molar-refractivity contribution in [3.8, 4) is 0 Å². The monoisotopic (exact) mass is 1010 g/mol. The summed E-state index contributed by atoms with van der Waals surface area (Å²) < 4.78 is 11.3. The van der Waals surface area contributed by atoms with Crippen LogP contribution in [0.3, 0.4) is 0 Å². The minimum Gasteiger partial charge on any atom is -0.394 e. The van der Waals surface area contributed by atoms with Crippen LogP contribution in [0.15, 0.2) is 0 Å². The maximum atomic E-state index is 13.1. The van der Waals surface area contributed by atoms with Crippen molar-refractivity contribution < 1.29 is 39.8 Å². The van der Waals surface area contributed by atoms with Crippen molar-refractivity contribution in [3.63, 3.8) is 0 Å². The van der Waals surface area contributed by atoms with Crippen LogP contribution < -0.4 is 5.32 Å². The Bertz CT molecular complexity index is 1080. The molecule has 0 radical (unpaired) electrons. The Hall–Kier alpha value is -0.810. The molecule has 0 bridgehead atoms. The highest BCUT2D eigenvalue weighted by molar-refractivity contribution is 5.76. The molecule has 0 aromatic carbocycles. The molecule has 0 saturated carbocycles. The van der Waals surface area contributed by atoms with Crippen molar-refractivity contribution in [3.05, 3.63) is 0 Å². The van der Waals surface area contributed by atoms with Crippen LogP contribution in [-0.4, -0.2) is 87.5 Å². The average Bonchev–Trinajstić information content (AvgIpc) is 3.37. The van der Waals surface area contributed by atoms with E-state index in [2.05, 4.69) is 19.2 Å². The van der Waals surface area contributed by atoms with Crippen LogP contribution >= 0.6 is 0 Å². The molecule has 9 nitrogen and oxygen atoms in total. The van der Waals surface area contributed by atoms with E-state index >= 15 is 0 Å². The number of ether oxygens (including phenoxy) is 2. The van der Waals surface area contributed by atoms with E-state index in [0.717, 1.165) is 38.5 Å². The molecular formula is C62H123NO8. The highest BCUT2D eigenvalue weighted by atomic mass is 16.7. The third kappa shape index (κ3) is 42.0. The highest BCUT2D eigenvalue weighted by Crippen LogP contribution is 2.24. The second-order valence-electron chi connectivity index (χ2n) is 22.6. The first-order valence-corrected chi connectivity index (χ1v) is 31.7. The fourth-order valence-electron chi connectivity index (χ4n) is 10.7. The number of nitrogens with one attached hydrogen (secondary N) is 1. The Morgan fingerprint density at radius 2 is 0.704 bits per heavy atom. The number of carbonyl (C=O) groups is 1. The molecule has 0 aromatic rings. The summed E-state index contributed by atoms with van der Waals surface area (Å²) in [4.78, 5) is 13.1. The molecule has 9 heteroatoms. The summed E-state index contributed by atoms with van der Waals surface area (Å²) in [6.45, 7) is 3.89. The molecule has 1 rings (SSSR count). The van der Waals surface area contributed by atoms with Gasteiger partial charge in [-0.05, 0) is 12.8 Å². The van der Waals surface area contributed by atoms with Gasteiger partial charge < -0.3 is 40.3 Å². The molecule has 1 aliphatic rings. The minimum absolute atomic E-state index is 0.131. The third-order valence-electron chi connectivity index (χ3n) is 15.7. The Labute approximate surface area is 440 Å². The summed E-state index contributed by atoms with van der Waals surface area (Å²) in [5, 5.41) is 54.8. The zero-order valence-corrected chi connectivity index (χ0v) is 47.3. The average molecular weight is 1010 g/mol. The van der Waals surface area contributed by atoms with Gasteiger partial charge in [0.15, 0.2) is 6.29 Å². The van der Waals surface area contributed by atoms with Crippen LogP contribution in [0.1, 0.15) is 335 Å². The lowest BCUT2D eigenvalue weighted by atomic mass is 9.99. The largest absolute Gasteiger partial charge is 0.394 e. The first-order valence-electron chi connectivity index (χ1n) is 31.7. The van der Waals surface area contributed by atoms with Crippen LogP contribution in [0.5, 0.6) is 0 Å². The van der Waals surface area contributed by atoms with Gasteiger partial charge in [0.2, 0.25) is 5.91 Å². The Morgan fingerprint density at radius 3 is 1.00 bits per heavy atom. The van der Waals surface area contributed by atoms with E-state index in [4.69, 9.17) is 9.47 Å². The predicted molar refractivity (Wildman–Crippen MR) is 300 cm³/mol. The minimum atomic E-state index is -1.55. The number of hydrogen-bond acceptors (Lipinski definition) is 8. The number of hydrogen-bond donors (Lipinski definition) is 6. The first-order chi connectivity index (χ1) is 34.8. The lowest BCUT2D eigenvalue weighted by Crippen LogP contribution is -2.60. The number of amides is 1. The molecule has 6 N–H and O–H groups in total. The second-order valence-corrected chi connectivity index (χ2v) is 22.6. The first kappa shape index (κ1) is 68.2. The zero-order valence-electron chi connectivity index (χ0n) is 47.3. The Balaban J connectivity index is 2.12. The molecule has 0 aromatic heterocycles. The number of unbranched alkanes of at least 4 members (excludes halogenated alkanes) is 46. The van der Waals surface area contributed by atoms with Gasteiger partial charge in [-0.3, -0.25) is 4.79 Å². The molecule has 1 heterocycles. The molecule has 0 spiro atoms. The SMILES string of the molecule is CCCCCCCCCCCCCCCCCCCCCCCCCCCCCCCCC(O)C(COC1OC(CO)C(O)C(O)C1O)NC(=O)CCCCCCCCCCCCCCCCCCCC. The molecule has 0 aliphatic carbocycles. The smallest absolute Gasteiger partial charge is 0.220 e. The van der Waals surface area contributed by atoms with Crippen molar-refractivity contribution in [1.29, 1.82) is 0 Å². The van der Waals surface area contributed by atoms with Gasteiger partial charge >= 0.3 is 0 Å². The van der Waals surface area contributed by atoms with E-state index in [1.54, 1.807) is 0 Å². The topological polar surface area (TPSA) is 149 Å². The summed E-state index contributed by atoms with van der Waals surface area (Å²) in [5.74, 6) is -0.135. The normalized spacial score (nSPS) is 19.1. The fraction of sp³-hybridized carbons (Fsp3) is 0.984. The van der Waals surface area contributed by atoms with Crippen molar-refractivity contribution >= 4 is 5.91 Å². The van der Waals surface area contributed by atoms with E-state index in [-0.39, 0.29) is 12.5 Å². The van der Waals surface area contributed by atoms with Gasteiger partial charge in [0.25, 0.3) is 0 Å². The van der Waals surface area contributed by atoms with Gasteiger partial charge in [-0.25, -0.2) is 0 Å². The summed E-state index contributed by atoms with van der Waals surface area (Å²) in [6, 6.07) is -0.714. The van der Waals surface area contributed by atoms with Gasteiger partial charge in [0.05, 0.1) is 25.4 Å². The van der Waals surface area contributed by atoms with Crippen molar-refractivity contribution in [2.45, 2.75) is 378 Å². The van der Waals surface area contributed by atoms with E-state index in [1.807, 2.05) is 0 Å². The van der Waals surface area contributed by atoms with Crippen molar-refractivity contribution in [2.24, 2.45) is 0 Å². The summed E-state index contributed by atoms with van der Waals surface area (Å²) >= 11 is 0. The maximum absolute atomic E-state index is 13.1. The summed E-state index contributed by atoms with van der Waals surface area (Å²) in [5.41, 5.74) is 0. The van der Waals surface area contributed by atoms with E-state index in [0.29, 0.717) is 12.8 Å². The lowest BCUT2D eigenvalue weighted by molar-refractivity contribution is -0.302. The van der Waals surface area contributed by atoms with Gasteiger partial charge in [-0.15, -0.1) is 0 Å². The number of rotatable bonds is 56. The van der Waals surface area contributed by atoms with Crippen molar-refractivity contribution in [2.75, 3.05) is 13.2 Å². The molecule has 7 unspecified atom stereocenters. The van der Waals surface area contributed by atoms with Crippen LogP contribution in [0.2, 0.25) is 0 Å². The van der Waals surface area contributed by atoms with Crippen LogP contribution in [-0.2, 0) is 14.3 Å². The Morgan fingerprint density at radius 1 is 0.423 bits per heavy atom.